The van der Waals surface area contributed by atoms with Gasteiger partial charge >= 0.3 is 12.0 Å². The highest BCUT2D eigenvalue weighted by Gasteiger charge is 2.30. The Kier molecular flexibility index (Phi) is 9.97. The van der Waals surface area contributed by atoms with Gasteiger partial charge in [0.05, 0.1) is 30.7 Å². The van der Waals surface area contributed by atoms with Gasteiger partial charge in [0.2, 0.25) is 0 Å². The predicted molar refractivity (Wildman–Crippen MR) is 161 cm³/mol. The molecule has 2 N–H and O–H groups in total. The third-order valence-electron chi connectivity index (χ3n) is 7.50. The van der Waals surface area contributed by atoms with Gasteiger partial charge in [0.15, 0.2) is 0 Å². The molecule has 0 atom stereocenters. The summed E-state index contributed by atoms with van der Waals surface area (Å²) in [4.78, 5) is 33.5. The zero-order valence-corrected chi connectivity index (χ0v) is 25.3. The Bertz CT molecular complexity index is 1200. The van der Waals surface area contributed by atoms with Crippen molar-refractivity contribution in [2.24, 2.45) is 5.41 Å². The van der Waals surface area contributed by atoms with Crippen molar-refractivity contribution < 1.29 is 27.8 Å². The number of hydrogen-bond acceptors (Lipinski definition) is 7. The van der Waals surface area contributed by atoms with Crippen LogP contribution in [0.15, 0.2) is 42.5 Å². The van der Waals surface area contributed by atoms with Crippen molar-refractivity contribution in [2.45, 2.75) is 33.9 Å². The number of carbonyl (C=O) groups is 2. The molecular formula is C30H43FN4O5S. The maximum Gasteiger partial charge on any atom is 0.337 e. The minimum atomic E-state index is -2.68. The second kappa shape index (κ2) is 13.1. The van der Waals surface area contributed by atoms with Crippen LogP contribution >= 0.6 is 10.6 Å². The van der Waals surface area contributed by atoms with E-state index in [0.717, 1.165) is 50.9 Å². The summed E-state index contributed by atoms with van der Waals surface area (Å²) in [5.74, 6) is -1.00. The number of urea groups is 1. The van der Waals surface area contributed by atoms with Crippen molar-refractivity contribution >= 4 is 28.3 Å². The van der Waals surface area contributed by atoms with E-state index in [1.165, 1.54) is 24.1 Å². The summed E-state index contributed by atoms with van der Waals surface area (Å²) in [6.07, 6.45) is 0. The molecule has 0 bridgehead atoms. The zero-order valence-electron chi connectivity index (χ0n) is 24.5. The Hall–Kier alpha value is -2.70. The van der Waals surface area contributed by atoms with E-state index >= 15 is 4.39 Å². The van der Waals surface area contributed by atoms with Gasteiger partial charge in [-0.25, -0.2) is 14.0 Å². The minimum absolute atomic E-state index is 0.0477. The van der Waals surface area contributed by atoms with Crippen molar-refractivity contribution in [3.05, 3.63) is 65.0 Å². The van der Waals surface area contributed by atoms with Crippen LogP contribution in [-0.2, 0) is 17.8 Å². The number of anilines is 1. The topological polar surface area (TPSA) is 96.8 Å². The van der Waals surface area contributed by atoms with Crippen LogP contribution in [0.4, 0.5) is 14.9 Å². The van der Waals surface area contributed by atoms with Gasteiger partial charge in [-0.05, 0) is 35.2 Å². The van der Waals surface area contributed by atoms with Gasteiger partial charge in [-0.1, -0.05) is 39.0 Å². The molecule has 0 radical (unpaired) electrons. The third kappa shape index (κ3) is 8.65. The van der Waals surface area contributed by atoms with E-state index in [1.807, 2.05) is 24.3 Å². The quantitative estimate of drug-likeness (QED) is 0.440. The number of carbonyl (C=O) groups excluding carboxylic acids is 2. The first-order chi connectivity index (χ1) is 19.3. The monoisotopic (exact) mass is 590 g/mol. The van der Waals surface area contributed by atoms with E-state index in [1.54, 1.807) is 4.90 Å². The molecular weight excluding hydrogens is 547 g/mol. The van der Waals surface area contributed by atoms with Crippen LogP contribution < -0.4 is 4.90 Å². The number of halogens is 1. The fourth-order valence-electron chi connectivity index (χ4n) is 5.26. The van der Waals surface area contributed by atoms with Crippen LogP contribution in [0.25, 0.3) is 0 Å². The number of amides is 2. The molecule has 4 rings (SSSR count). The first kappa shape index (κ1) is 31.2. The standard InChI is InChI=1S/C30H43FN4O5S/c1-30(2,3)22-33-13-11-32(12-14-33)20-23-5-9-26(10-6-23)35(29(37)34-15-17-41(38,39)18-16-34)21-25-8-7-24(19-27(25)31)28(36)40-4/h5-10,19,38-39H,11-18,20-22H2,1-4H3. The number of piperazine rings is 1. The predicted octanol–water partition coefficient (Wildman–Crippen LogP) is 4.97. The largest absolute Gasteiger partial charge is 0.465 e. The van der Waals surface area contributed by atoms with E-state index in [2.05, 4.69) is 35.3 Å². The Morgan fingerprint density at radius 1 is 0.951 bits per heavy atom. The lowest BCUT2D eigenvalue weighted by Crippen LogP contribution is -2.49. The molecule has 2 amide bonds. The highest BCUT2D eigenvalue weighted by Crippen LogP contribution is 2.40. The lowest BCUT2D eigenvalue weighted by Gasteiger charge is -2.42. The SMILES string of the molecule is COC(=O)c1ccc(CN(C(=O)N2CCS(O)(O)CC2)c2ccc(CN3CCN(CC(C)(C)C)CC3)cc2)c(F)c1. The molecule has 2 saturated heterocycles. The van der Waals surface area contributed by atoms with Gasteiger partial charge < -0.3 is 14.5 Å². The number of hydrogen-bond donors (Lipinski definition) is 2. The van der Waals surface area contributed by atoms with Crippen LogP contribution in [0, 0.1) is 11.2 Å². The van der Waals surface area contributed by atoms with Crippen LogP contribution in [0.1, 0.15) is 42.3 Å². The van der Waals surface area contributed by atoms with Crippen molar-refractivity contribution in [1.29, 1.82) is 0 Å². The molecule has 2 aliphatic heterocycles. The number of rotatable bonds is 7. The lowest BCUT2D eigenvalue weighted by atomic mass is 9.96. The average molecular weight is 591 g/mol. The van der Waals surface area contributed by atoms with E-state index in [9.17, 15) is 18.7 Å². The molecule has 2 fully saturated rings. The highest BCUT2D eigenvalue weighted by molar-refractivity contribution is 8.24. The summed E-state index contributed by atoms with van der Waals surface area (Å²) >= 11 is 0. The number of benzene rings is 2. The molecule has 0 saturated carbocycles. The summed E-state index contributed by atoms with van der Waals surface area (Å²) in [6.45, 7) is 13.1. The molecule has 0 aromatic heterocycles. The Morgan fingerprint density at radius 3 is 2.12 bits per heavy atom. The van der Waals surface area contributed by atoms with Crippen LogP contribution in [0.2, 0.25) is 0 Å². The summed E-state index contributed by atoms with van der Waals surface area (Å²) in [6, 6.07) is 11.5. The van der Waals surface area contributed by atoms with Crippen molar-refractivity contribution in [3.8, 4) is 0 Å². The summed E-state index contributed by atoms with van der Waals surface area (Å²) in [5, 5.41) is 0. The molecule has 2 heterocycles. The molecule has 226 valence electrons. The van der Waals surface area contributed by atoms with E-state index in [0.29, 0.717) is 5.69 Å². The van der Waals surface area contributed by atoms with Crippen LogP contribution in [0.5, 0.6) is 0 Å². The van der Waals surface area contributed by atoms with Crippen molar-refractivity contribution in [3.63, 3.8) is 0 Å². The maximum atomic E-state index is 15.0. The molecule has 11 heteroatoms. The molecule has 2 aliphatic rings. The Labute approximate surface area is 244 Å². The zero-order chi connectivity index (χ0) is 29.8. The minimum Gasteiger partial charge on any atom is -0.465 e. The number of methoxy groups -OCH3 is 1. The Balaban J connectivity index is 1.48. The van der Waals surface area contributed by atoms with Gasteiger partial charge in [0.1, 0.15) is 5.82 Å². The van der Waals surface area contributed by atoms with Crippen LogP contribution in [-0.4, -0.2) is 100 Å². The molecule has 9 nitrogen and oxygen atoms in total. The smallest absolute Gasteiger partial charge is 0.337 e. The third-order valence-corrected chi connectivity index (χ3v) is 9.17. The highest BCUT2D eigenvalue weighted by atomic mass is 32.3. The summed E-state index contributed by atoms with van der Waals surface area (Å²) in [7, 11) is -1.44. The summed E-state index contributed by atoms with van der Waals surface area (Å²) < 4.78 is 39.8. The van der Waals surface area contributed by atoms with E-state index in [4.69, 9.17) is 0 Å². The molecule has 0 spiro atoms. The van der Waals surface area contributed by atoms with Gasteiger partial charge in [-0.2, -0.15) is 10.6 Å². The lowest BCUT2D eigenvalue weighted by molar-refractivity contribution is 0.0600. The molecule has 0 unspecified atom stereocenters. The van der Waals surface area contributed by atoms with Gasteiger partial charge in [-0.15, -0.1) is 0 Å². The number of nitrogens with zero attached hydrogens (tertiary/aromatic N) is 4. The van der Waals surface area contributed by atoms with E-state index in [-0.39, 0.29) is 53.7 Å². The molecule has 2 aromatic rings. The maximum absolute atomic E-state index is 15.0. The van der Waals surface area contributed by atoms with Crippen LogP contribution in [0.3, 0.4) is 0 Å². The Morgan fingerprint density at radius 2 is 1.56 bits per heavy atom. The fourth-order valence-corrected chi connectivity index (χ4v) is 6.49. The second-order valence-corrected chi connectivity index (χ2v) is 14.6. The molecule has 2 aromatic carbocycles. The van der Waals surface area contributed by atoms with Gasteiger partial charge in [0, 0.05) is 63.6 Å². The number of ether oxygens (including phenoxy) is 1. The first-order valence-electron chi connectivity index (χ1n) is 14.0. The van der Waals surface area contributed by atoms with Gasteiger partial charge in [-0.3, -0.25) is 18.9 Å². The van der Waals surface area contributed by atoms with Crippen molar-refractivity contribution in [2.75, 3.05) is 69.3 Å². The normalized spacial score (nSPS) is 19.0. The first-order valence-corrected chi connectivity index (χ1v) is 15.9. The second-order valence-electron chi connectivity index (χ2n) is 12.1. The summed E-state index contributed by atoms with van der Waals surface area (Å²) in [5.41, 5.74) is 2.37. The van der Waals surface area contributed by atoms with Gasteiger partial charge in [0.25, 0.3) is 0 Å². The fraction of sp³-hybridized carbons (Fsp3) is 0.533. The van der Waals surface area contributed by atoms with Crippen molar-refractivity contribution in [1.82, 2.24) is 14.7 Å². The average Bonchev–Trinajstić information content (AvgIpc) is 2.92. The van der Waals surface area contributed by atoms with E-state index < -0.39 is 22.4 Å². The molecule has 0 aliphatic carbocycles. The molecule has 41 heavy (non-hydrogen) atoms. The number of esters is 1.